The molecule has 0 amide bonds. The Bertz CT molecular complexity index is 1170. The number of hydrogen-bond donors (Lipinski definition) is 0. The van der Waals surface area contributed by atoms with Crippen LogP contribution in [-0.4, -0.2) is 22.6 Å². The third kappa shape index (κ3) is 4.96. The Labute approximate surface area is 196 Å². The summed E-state index contributed by atoms with van der Waals surface area (Å²) in [6.45, 7) is 5.65. The third-order valence-electron chi connectivity index (χ3n) is 6.13. The van der Waals surface area contributed by atoms with E-state index in [-0.39, 0.29) is 6.04 Å². The molecule has 1 atom stereocenters. The van der Waals surface area contributed by atoms with Gasteiger partial charge in [-0.15, -0.1) is 0 Å². The van der Waals surface area contributed by atoms with Gasteiger partial charge in [0.05, 0.1) is 12.6 Å². The van der Waals surface area contributed by atoms with Gasteiger partial charge in [0, 0.05) is 31.5 Å². The molecule has 0 fully saturated rings. The fraction of sp³-hybridized carbons (Fsp3) is 0.241. The van der Waals surface area contributed by atoms with Gasteiger partial charge >= 0.3 is 0 Å². The lowest BCUT2D eigenvalue weighted by molar-refractivity contribution is 0.220. The predicted molar refractivity (Wildman–Crippen MR) is 132 cm³/mol. The van der Waals surface area contributed by atoms with Gasteiger partial charge in [-0.3, -0.25) is 4.90 Å². The monoisotopic (exact) mass is 438 g/mol. The molecule has 0 bridgehead atoms. The number of nitrogens with zero attached hydrogens (tertiary/aromatic N) is 2. The molecule has 0 aliphatic carbocycles. The van der Waals surface area contributed by atoms with Crippen molar-refractivity contribution in [2.45, 2.75) is 32.5 Å². The standard InChI is InChI=1S/C29H30N2O2/c1-2-32-25-16-14-23(15-17-25)22-31-20-8-19-30-18-7-13-28(30)29(31)24-9-6-12-27(21-24)33-26-10-4-3-5-11-26/h3-7,9-18,21,29H,2,8,19-20,22H2,1H3/t29-/m1/s1. The molecule has 4 aromatic rings. The number of ether oxygens (including phenoxy) is 2. The third-order valence-corrected chi connectivity index (χ3v) is 6.13. The first-order valence-corrected chi connectivity index (χ1v) is 11.7. The molecule has 0 N–H and O–H groups in total. The van der Waals surface area contributed by atoms with Crippen LogP contribution in [0.3, 0.4) is 0 Å². The minimum absolute atomic E-state index is 0.161. The molecule has 168 valence electrons. The highest BCUT2D eigenvalue weighted by Crippen LogP contribution is 2.35. The van der Waals surface area contributed by atoms with Crippen molar-refractivity contribution in [2.24, 2.45) is 0 Å². The van der Waals surface area contributed by atoms with Crippen molar-refractivity contribution in [1.82, 2.24) is 9.47 Å². The second-order valence-corrected chi connectivity index (χ2v) is 8.42. The number of aryl methyl sites for hydroxylation is 1. The maximum Gasteiger partial charge on any atom is 0.127 e. The summed E-state index contributed by atoms with van der Waals surface area (Å²) in [5, 5.41) is 0. The van der Waals surface area contributed by atoms with Crippen molar-refractivity contribution in [3.8, 4) is 17.2 Å². The summed E-state index contributed by atoms with van der Waals surface area (Å²) in [5.41, 5.74) is 3.87. The molecule has 5 rings (SSSR count). The number of fused-ring (bicyclic) bond motifs is 1. The van der Waals surface area contributed by atoms with Crippen LogP contribution in [0.25, 0.3) is 0 Å². The van der Waals surface area contributed by atoms with Gasteiger partial charge in [0.2, 0.25) is 0 Å². The Morgan fingerprint density at radius 3 is 2.42 bits per heavy atom. The predicted octanol–water partition coefficient (Wildman–Crippen LogP) is 6.67. The maximum atomic E-state index is 6.16. The number of aromatic nitrogens is 1. The molecule has 4 heteroatoms. The van der Waals surface area contributed by atoms with E-state index in [1.807, 2.05) is 43.3 Å². The van der Waals surface area contributed by atoms with Crippen LogP contribution in [0, 0.1) is 0 Å². The van der Waals surface area contributed by atoms with Crippen molar-refractivity contribution in [2.75, 3.05) is 13.2 Å². The van der Waals surface area contributed by atoms with Crippen LogP contribution in [-0.2, 0) is 13.1 Å². The quantitative estimate of drug-likeness (QED) is 0.322. The minimum Gasteiger partial charge on any atom is -0.494 e. The number of benzene rings is 3. The zero-order chi connectivity index (χ0) is 22.5. The van der Waals surface area contributed by atoms with Crippen LogP contribution in [0.4, 0.5) is 0 Å². The summed E-state index contributed by atoms with van der Waals surface area (Å²) in [4.78, 5) is 2.58. The summed E-state index contributed by atoms with van der Waals surface area (Å²) < 4.78 is 14.2. The van der Waals surface area contributed by atoms with E-state index >= 15 is 0 Å². The van der Waals surface area contributed by atoms with Crippen molar-refractivity contribution in [3.05, 3.63) is 114 Å². The van der Waals surface area contributed by atoms with Crippen LogP contribution < -0.4 is 9.47 Å². The van der Waals surface area contributed by atoms with Gasteiger partial charge in [-0.2, -0.15) is 0 Å². The van der Waals surface area contributed by atoms with Crippen LogP contribution in [0.15, 0.2) is 97.2 Å². The van der Waals surface area contributed by atoms with Gasteiger partial charge in [-0.25, -0.2) is 0 Å². The van der Waals surface area contributed by atoms with Crippen LogP contribution in [0.5, 0.6) is 17.2 Å². The summed E-state index contributed by atoms with van der Waals surface area (Å²) in [6, 6.07) is 31.6. The highest BCUT2D eigenvalue weighted by Gasteiger charge is 2.27. The smallest absolute Gasteiger partial charge is 0.127 e. The topological polar surface area (TPSA) is 26.6 Å². The maximum absolute atomic E-state index is 6.16. The van der Waals surface area contributed by atoms with Gasteiger partial charge in [0.15, 0.2) is 0 Å². The first kappa shape index (κ1) is 21.4. The molecule has 3 aromatic carbocycles. The zero-order valence-electron chi connectivity index (χ0n) is 19.1. The van der Waals surface area contributed by atoms with Crippen molar-refractivity contribution in [3.63, 3.8) is 0 Å². The van der Waals surface area contributed by atoms with Gasteiger partial charge in [0.25, 0.3) is 0 Å². The average Bonchev–Trinajstić information content (AvgIpc) is 3.22. The van der Waals surface area contributed by atoms with E-state index in [1.54, 1.807) is 0 Å². The molecule has 1 aliphatic heterocycles. The molecule has 0 saturated carbocycles. The molecule has 4 nitrogen and oxygen atoms in total. The van der Waals surface area contributed by atoms with E-state index in [4.69, 9.17) is 9.47 Å². The summed E-state index contributed by atoms with van der Waals surface area (Å²) in [5.74, 6) is 2.64. The van der Waals surface area contributed by atoms with Crippen molar-refractivity contribution in [1.29, 1.82) is 0 Å². The van der Waals surface area contributed by atoms with Crippen LogP contribution in [0.1, 0.15) is 36.2 Å². The van der Waals surface area contributed by atoms with Crippen LogP contribution >= 0.6 is 0 Å². The summed E-state index contributed by atoms with van der Waals surface area (Å²) >= 11 is 0. The molecule has 1 aromatic heterocycles. The molecule has 0 spiro atoms. The normalized spacial score (nSPS) is 16.1. The second kappa shape index (κ2) is 9.97. The largest absolute Gasteiger partial charge is 0.494 e. The van der Waals surface area contributed by atoms with Gasteiger partial charge < -0.3 is 14.0 Å². The summed E-state index contributed by atoms with van der Waals surface area (Å²) in [7, 11) is 0. The molecule has 0 saturated heterocycles. The Hall–Kier alpha value is -3.50. The SMILES string of the molecule is CCOc1ccc(CN2CCCn3cccc3[C@H]2c2cccc(Oc3ccccc3)c2)cc1. The lowest BCUT2D eigenvalue weighted by atomic mass is 10.0. The molecule has 33 heavy (non-hydrogen) atoms. The zero-order valence-corrected chi connectivity index (χ0v) is 19.1. The minimum atomic E-state index is 0.161. The average molecular weight is 439 g/mol. The molecule has 2 heterocycles. The van der Waals surface area contributed by atoms with E-state index < -0.39 is 0 Å². The van der Waals surface area contributed by atoms with Crippen LogP contribution in [0.2, 0.25) is 0 Å². The van der Waals surface area contributed by atoms with Gasteiger partial charge in [-0.05, 0) is 73.0 Å². The van der Waals surface area contributed by atoms with E-state index in [2.05, 4.69) is 70.3 Å². The Morgan fingerprint density at radius 2 is 1.61 bits per heavy atom. The lowest BCUT2D eigenvalue weighted by Crippen LogP contribution is -2.29. The number of hydrogen-bond acceptors (Lipinski definition) is 3. The fourth-order valence-electron chi connectivity index (χ4n) is 4.66. The number of para-hydroxylation sites is 1. The Balaban J connectivity index is 1.46. The molecular weight excluding hydrogens is 408 g/mol. The van der Waals surface area contributed by atoms with Gasteiger partial charge in [-0.1, -0.05) is 42.5 Å². The molecular formula is C29H30N2O2. The first-order chi connectivity index (χ1) is 16.3. The molecule has 0 radical (unpaired) electrons. The summed E-state index contributed by atoms with van der Waals surface area (Å²) in [6.07, 6.45) is 3.32. The van der Waals surface area contributed by atoms with E-state index in [1.165, 1.54) is 16.8 Å². The molecule has 1 aliphatic rings. The van der Waals surface area contributed by atoms with Crippen molar-refractivity contribution >= 4 is 0 Å². The molecule has 0 unspecified atom stereocenters. The Kier molecular flexibility index (Phi) is 6.45. The van der Waals surface area contributed by atoms with Gasteiger partial charge in [0.1, 0.15) is 17.2 Å². The van der Waals surface area contributed by atoms with E-state index in [0.29, 0.717) is 6.61 Å². The fourth-order valence-corrected chi connectivity index (χ4v) is 4.66. The first-order valence-electron chi connectivity index (χ1n) is 11.7. The number of rotatable bonds is 7. The highest BCUT2D eigenvalue weighted by atomic mass is 16.5. The highest BCUT2D eigenvalue weighted by molar-refractivity contribution is 5.38. The Morgan fingerprint density at radius 1 is 0.788 bits per heavy atom. The van der Waals surface area contributed by atoms with E-state index in [9.17, 15) is 0 Å². The second-order valence-electron chi connectivity index (χ2n) is 8.42. The van der Waals surface area contributed by atoms with E-state index in [0.717, 1.165) is 43.3 Å². The lowest BCUT2D eigenvalue weighted by Gasteiger charge is -2.31. The van der Waals surface area contributed by atoms with Crippen molar-refractivity contribution < 1.29 is 9.47 Å².